The Kier molecular flexibility index (Phi) is 6.91. The van der Waals surface area contributed by atoms with E-state index in [0.717, 1.165) is 30.5 Å². The van der Waals surface area contributed by atoms with Gasteiger partial charge in [-0.3, -0.25) is 4.39 Å². The number of halogens is 4. The Balaban J connectivity index is 1.86. The van der Waals surface area contributed by atoms with E-state index >= 15 is 0 Å². The van der Waals surface area contributed by atoms with E-state index in [1.807, 2.05) is 24.3 Å². The van der Waals surface area contributed by atoms with Crippen LogP contribution in [0.2, 0.25) is 0 Å². The highest BCUT2D eigenvalue weighted by atomic mass is 19.1. The van der Waals surface area contributed by atoms with Gasteiger partial charge in [0.25, 0.3) is 0 Å². The maximum absolute atomic E-state index is 14.7. The first kappa shape index (κ1) is 20.9. The summed E-state index contributed by atoms with van der Waals surface area (Å²) in [6.45, 7) is 1.33. The lowest BCUT2D eigenvalue weighted by atomic mass is 9.98. The quantitative estimate of drug-likeness (QED) is 0.288. The number of benzene rings is 3. The topological polar surface area (TPSA) is 9.23 Å². The van der Waals surface area contributed by atoms with Crippen molar-refractivity contribution in [3.05, 3.63) is 77.6 Å². The molecule has 3 aromatic carbocycles. The second kappa shape index (κ2) is 9.59. The molecule has 1 nitrogen and oxygen atoms in total. The molecule has 0 aliphatic carbocycles. The smallest absolute Gasteiger partial charge is 0.190 e. The molecule has 0 atom stereocenters. The van der Waals surface area contributed by atoms with Crippen LogP contribution < -0.4 is 4.74 Å². The normalized spacial score (nSPS) is 10.9. The average Bonchev–Trinajstić information content (AvgIpc) is 2.71. The maximum atomic E-state index is 14.7. The van der Waals surface area contributed by atoms with Gasteiger partial charge in [0.1, 0.15) is 5.82 Å². The maximum Gasteiger partial charge on any atom is 0.190 e. The van der Waals surface area contributed by atoms with Gasteiger partial charge in [0.2, 0.25) is 0 Å². The van der Waals surface area contributed by atoms with Crippen LogP contribution in [0.25, 0.3) is 22.3 Å². The van der Waals surface area contributed by atoms with E-state index in [-0.39, 0.29) is 24.2 Å². The molecule has 3 aromatic rings. The molecule has 0 heterocycles. The molecule has 0 fully saturated rings. The number of hydrogen-bond donors (Lipinski definition) is 0. The Morgan fingerprint density at radius 1 is 0.759 bits per heavy atom. The van der Waals surface area contributed by atoms with Crippen molar-refractivity contribution in [2.75, 3.05) is 13.3 Å². The van der Waals surface area contributed by atoms with Crippen LogP contribution in [0.4, 0.5) is 17.6 Å². The Bertz CT molecular complexity index is 944. The second-order valence-corrected chi connectivity index (χ2v) is 6.80. The Morgan fingerprint density at radius 3 is 1.97 bits per heavy atom. The van der Waals surface area contributed by atoms with Gasteiger partial charge in [0, 0.05) is 12.0 Å². The van der Waals surface area contributed by atoms with Crippen molar-refractivity contribution in [2.45, 2.75) is 26.2 Å². The summed E-state index contributed by atoms with van der Waals surface area (Å²) in [6.07, 6.45) is 2.07. The summed E-state index contributed by atoms with van der Waals surface area (Å²) in [5.41, 5.74) is 2.92. The van der Waals surface area contributed by atoms with Gasteiger partial charge in [-0.05, 0) is 46.9 Å². The fourth-order valence-corrected chi connectivity index (χ4v) is 3.16. The van der Waals surface area contributed by atoms with E-state index in [1.165, 1.54) is 17.7 Å². The number of ether oxygens (including phenoxy) is 1. The van der Waals surface area contributed by atoms with Crippen LogP contribution in [0.15, 0.2) is 54.6 Å². The first-order chi connectivity index (χ1) is 14.0. The van der Waals surface area contributed by atoms with E-state index in [2.05, 4.69) is 6.92 Å². The van der Waals surface area contributed by atoms with Crippen molar-refractivity contribution < 1.29 is 22.3 Å². The molecule has 0 saturated heterocycles. The van der Waals surface area contributed by atoms with Gasteiger partial charge in [-0.2, -0.15) is 0 Å². The van der Waals surface area contributed by atoms with Crippen LogP contribution in [-0.2, 0) is 6.42 Å². The standard InChI is InChI=1S/C24H22F4O/c1-2-4-16-5-7-17(8-6-16)18-9-10-20(21(26)13-18)19-14-22(27)24(23(28)15-19)29-12-3-11-25/h5-10,13-15H,2-4,11-12H2,1H3. The largest absolute Gasteiger partial charge is 0.488 e. The SMILES string of the molecule is CCCc1ccc(-c2ccc(-c3cc(F)c(OCCCF)c(F)c3)c(F)c2)cc1. The van der Waals surface area contributed by atoms with Gasteiger partial charge in [-0.25, -0.2) is 13.2 Å². The number of rotatable bonds is 8. The number of alkyl halides is 1. The average molecular weight is 402 g/mol. The van der Waals surface area contributed by atoms with Gasteiger partial charge in [-0.1, -0.05) is 49.7 Å². The second-order valence-electron chi connectivity index (χ2n) is 6.80. The van der Waals surface area contributed by atoms with E-state index in [0.29, 0.717) is 5.56 Å². The Hall–Kier alpha value is -2.82. The molecule has 0 amide bonds. The molecule has 5 heteroatoms. The van der Waals surface area contributed by atoms with Crippen molar-refractivity contribution in [3.63, 3.8) is 0 Å². The lowest BCUT2D eigenvalue weighted by Gasteiger charge is -2.11. The summed E-state index contributed by atoms with van der Waals surface area (Å²) in [6, 6.07) is 14.5. The first-order valence-corrected chi connectivity index (χ1v) is 9.60. The molecular weight excluding hydrogens is 380 g/mol. The van der Waals surface area contributed by atoms with Crippen LogP contribution in [0.3, 0.4) is 0 Å². The summed E-state index contributed by atoms with van der Waals surface area (Å²) in [4.78, 5) is 0. The lowest BCUT2D eigenvalue weighted by molar-refractivity contribution is 0.265. The van der Waals surface area contributed by atoms with Crippen LogP contribution in [0, 0.1) is 17.5 Å². The summed E-state index contributed by atoms with van der Waals surface area (Å²) in [7, 11) is 0. The molecule has 0 saturated carbocycles. The van der Waals surface area contributed by atoms with E-state index in [4.69, 9.17) is 4.74 Å². The highest BCUT2D eigenvalue weighted by Crippen LogP contribution is 2.32. The highest BCUT2D eigenvalue weighted by molar-refractivity contribution is 5.71. The number of hydrogen-bond acceptors (Lipinski definition) is 1. The third-order valence-corrected chi connectivity index (χ3v) is 4.63. The fraction of sp³-hybridized carbons (Fsp3) is 0.250. The summed E-state index contributed by atoms with van der Waals surface area (Å²) in [5.74, 6) is -3.06. The van der Waals surface area contributed by atoms with Crippen molar-refractivity contribution in [3.8, 4) is 28.0 Å². The predicted molar refractivity (Wildman–Crippen MR) is 107 cm³/mol. The van der Waals surface area contributed by atoms with Crippen molar-refractivity contribution in [1.82, 2.24) is 0 Å². The van der Waals surface area contributed by atoms with E-state index in [1.54, 1.807) is 6.07 Å². The Labute approximate surface area is 168 Å². The van der Waals surface area contributed by atoms with E-state index in [9.17, 15) is 17.6 Å². The number of aryl methyl sites for hydroxylation is 1. The molecule has 0 unspecified atom stereocenters. The summed E-state index contributed by atoms with van der Waals surface area (Å²) >= 11 is 0. The monoisotopic (exact) mass is 402 g/mol. The minimum absolute atomic E-state index is 0.0378. The van der Waals surface area contributed by atoms with Gasteiger partial charge >= 0.3 is 0 Å². The minimum Gasteiger partial charge on any atom is -0.488 e. The zero-order chi connectivity index (χ0) is 20.8. The summed E-state index contributed by atoms with van der Waals surface area (Å²) < 4.78 is 60.2. The molecular formula is C24H22F4O. The van der Waals surface area contributed by atoms with Crippen LogP contribution in [-0.4, -0.2) is 13.3 Å². The molecule has 0 aliphatic heterocycles. The van der Waals surface area contributed by atoms with Crippen LogP contribution in [0.1, 0.15) is 25.3 Å². The highest BCUT2D eigenvalue weighted by Gasteiger charge is 2.16. The third-order valence-electron chi connectivity index (χ3n) is 4.63. The van der Waals surface area contributed by atoms with Crippen LogP contribution in [0.5, 0.6) is 5.75 Å². The molecule has 29 heavy (non-hydrogen) atoms. The first-order valence-electron chi connectivity index (χ1n) is 9.60. The third kappa shape index (κ3) is 4.97. The predicted octanol–water partition coefficient (Wildman–Crippen LogP) is 7.13. The van der Waals surface area contributed by atoms with Gasteiger partial charge < -0.3 is 4.74 Å². The van der Waals surface area contributed by atoms with Crippen molar-refractivity contribution in [1.29, 1.82) is 0 Å². The molecule has 0 spiro atoms. The molecule has 0 radical (unpaired) electrons. The van der Waals surface area contributed by atoms with Gasteiger partial charge in [0.15, 0.2) is 17.4 Å². The molecule has 0 N–H and O–H groups in total. The zero-order valence-electron chi connectivity index (χ0n) is 16.2. The lowest BCUT2D eigenvalue weighted by Crippen LogP contribution is -2.03. The molecule has 0 aliphatic rings. The molecule has 3 rings (SSSR count). The molecule has 0 aromatic heterocycles. The summed E-state index contributed by atoms with van der Waals surface area (Å²) in [5, 5.41) is 0. The fourth-order valence-electron chi connectivity index (χ4n) is 3.16. The van der Waals surface area contributed by atoms with Crippen molar-refractivity contribution >= 4 is 0 Å². The van der Waals surface area contributed by atoms with E-state index < -0.39 is 29.9 Å². The van der Waals surface area contributed by atoms with Crippen molar-refractivity contribution in [2.24, 2.45) is 0 Å². The Morgan fingerprint density at radius 2 is 1.38 bits per heavy atom. The van der Waals surface area contributed by atoms with Gasteiger partial charge in [0.05, 0.1) is 13.3 Å². The molecule has 152 valence electrons. The zero-order valence-corrected chi connectivity index (χ0v) is 16.2. The minimum atomic E-state index is -0.950. The van der Waals surface area contributed by atoms with Gasteiger partial charge in [-0.15, -0.1) is 0 Å². The van der Waals surface area contributed by atoms with Crippen LogP contribution >= 0.6 is 0 Å². The molecule has 0 bridgehead atoms.